The average Bonchev–Trinajstić information content (AvgIpc) is 2.20. The van der Waals surface area contributed by atoms with Crippen LogP contribution in [0.5, 0.6) is 0 Å². The fourth-order valence-electron chi connectivity index (χ4n) is 1.02. The van der Waals surface area contributed by atoms with Crippen LogP contribution in [-0.4, -0.2) is 29.4 Å². The van der Waals surface area contributed by atoms with Gasteiger partial charge >= 0.3 is 0 Å². The van der Waals surface area contributed by atoms with Gasteiger partial charge in [-0.25, -0.2) is 9.97 Å². The maximum Gasteiger partial charge on any atom is 0.161 e. The van der Waals surface area contributed by atoms with Gasteiger partial charge in [0.2, 0.25) is 0 Å². The Balaban J connectivity index is 2.57. The van der Waals surface area contributed by atoms with Crippen LogP contribution in [0.25, 0.3) is 0 Å². The van der Waals surface area contributed by atoms with Crippen LogP contribution < -0.4 is 0 Å². The summed E-state index contributed by atoms with van der Waals surface area (Å²) in [5.74, 6) is 0.949. The van der Waals surface area contributed by atoms with Crippen LogP contribution in [0.4, 0.5) is 0 Å². The first kappa shape index (κ1) is 12.7. The highest BCUT2D eigenvalue weighted by atomic mass is 35.5. The highest BCUT2D eigenvalue weighted by Crippen LogP contribution is 2.24. The Kier molecular flexibility index (Phi) is 5.36. The second-order valence-electron chi connectivity index (χ2n) is 3.19. The molecule has 0 aliphatic heterocycles. The van der Waals surface area contributed by atoms with E-state index in [0.717, 1.165) is 35.2 Å². The summed E-state index contributed by atoms with van der Waals surface area (Å²) in [6, 6.07) is 0. The van der Waals surface area contributed by atoms with Crippen molar-refractivity contribution >= 4 is 23.4 Å². The number of methoxy groups -OCH3 is 1. The average molecular weight is 247 g/mol. The second-order valence-corrected chi connectivity index (χ2v) is 4.63. The Morgan fingerprint density at radius 3 is 2.60 bits per heavy atom. The molecule has 0 radical (unpaired) electrons. The van der Waals surface area contributed by atoms with Gasteiger partial charge in [0.25, 0.3) is 0 Å². The lowest BCUT2D eigenvalue weighted by Crippen LogP contribution is -1.97. The van der Waals surface area contributed by atoms with Crippen LogP contribution >= 0.6 is 23.4 Å². The first-order valence-electron chi connectivity index (χ1n) is 4.77. The Bertz CT molecular complexity index is 333. The van der Waals surface area contributed by atoms with Crippen molar-refractivity contribution in [1.29, 1.82) is 0 Å². The highest BCUT2D eigenvalue weighted by Gasteiger charge is 2.07. The van der Waals surface area contributed by atoms with Crippen LogP contribution in [0.2, 0.25) is 5.15 Å². The van der Waals surface area contributed by atoms with E-state index in [0.29, 0.717) is 5.15 Å². The molecule has 0 spiro atoms. The van der Waals surface area contributed by atoms with Crippen LogP contribution in [0.1, 0.15) is 17.8 Å². The van der Waals surface area contributed by atoms with E-state index in [-0.39, 0.29) is 0 Å². The number of hydrogen-bond donors (Lipinski definition) is 0. The van der Waals surface area contributed by atoms with Gasteiger partial charge in [0.1, 0.15) is 5.03 Å². The van der Waals surface area contributed by atoms with E-state index in [1.54, 1.807) is 18.9 Å². The van der Waals surface area contributed by atoms with Gasteiger partial charge in [0.15, 0.2) is 5.15 Å². The van der Waals surface area contributed by atoms with E-state index in [2.05, 4.69) is 9.97 Å². The van der Waals surface area contributed by atoms with Crippen LogP contribution in [0.15, 0.2) is 5.03 Å². The van der Waals surface area contributed by atoms with Gasteiger partial charge in [-0.2, -0.15) is 0 Å². The second kappa shape index (κ2) is 6.30. The van der Waals surface area contributed by atoms with Gasteiger partial charge in [-0.1, -0.05) is 11.6 Å². The standard InChI is InChI=1S/C10H15ClN2OS/c1-7-8(2)13-10(9(11)12-7)15-6-4-5-14-3/h4-6H2,1-3H3. The maximum atomic E-state index is 5.99. The minimum Gasteiger partial charge on any atom is -0.385 e. The molecule has 0 bridgehead atoms. The van der Waals surface area contributed by atoms with Crippen molar-refractivity contribution in [1.82, 2.24) is 9.97 Å². The van der Waals surface area contributed by atoms with Crippen molar-refractivity contribution in [3.05, 3.63) is 16.5 Å². The number of aryl methyl sites for hydroxylation is 2. The van der Waals surface area contributed by atoms with E-state index in [1.807, 2.05) is 13.8 Å². The van der Waals surface area contributed by atoms with Gasteiger partial charge in [0, 0.05) is 19.5 Å². The molecule has 84 valence electrons. The fourth-order valence-corrected chi connectivity index (χ4v) is 2.17. The zero-order chi connectivity index (χ0) is 11.3. The maximum absolute atomic E-state index is 5.99. The number of nitrogens with zero attached hydrogens (tertiary/aromatic N) is 2. The molecule has 3 nitrogen and oxygen atoms in total. The van der Waals surface area contributed by atoms with E-state index in [1.165, 1.54) is 0 Å². The summed E-state index contributed by atoms with van der Waals surface area (Å²) < 4.78 is 4.97. The quantitative estimate of drug-likeness (QED) is 0.591. The molecule has 0 atom stereocenters. The molecule has 15 heavy (non-hydrogen) atoms. The molecule has 0 fully saturated rings. The SMILES string of the molecule is COCCCSc1nc(C)c(C)nc1Cl. The minimum absolute atomic E-state index is 0.500. The largest absolute Gasteiger partial charge is 0.385 e. The third-order valence-corrected chi connectivity index (χ3v) is 3.39. The van der Waals surface area contributed by atoms with E-state index >= 15 is 0 Å². The van der Waals surface area contributed by atoms with Gasteiger partial charge in [-0.15, -0.1) is 11.8 Å². The summed E-state index contributed by atoms with van der Waals surface area (Å²) in [5.41, 5.74) is 1.83. The van der Waals surface area contributed by atoms with Crippen molar-refractivity contribution in [3.8, 4) is 0 Å². The predicted octanol–water partition coefficient (Wildman–Crippen LogP) is 2.88. The molecule has 0 aliphatic carbocycles. The van der Waals surface area contributed by atoms with Crippen LogP contribution in [0.3, 0.4) is 0 Å². The summed E-state index contributed by atoms with van der Waals surface area (Å²) in [7, 11) is 1.70. The Morgan fingerprint density at radius 1 is 1.27 bits per heavy atom. The zero-order valence-electron chi connectivity index (χ0n) is 9.21. The summed E-state index contributed by atoms with van der Waals surface area (Å²) in [6.45, 7) is 4.62. The first-order chi connectivity index (χ1) is 7.15. The Hall–Kier alpha value is -0.320. The number of aromatic nitrogens is 2. The summed E-state index contributed by atoms with van der Waals surface area (Å²) in [6.07, 6.45) is 0.992. The lowest BCUT2D eigenvalue weighted by atomic mass is 10.4. The molecular formula is C10H15ClN2OS. The number of ether oxygens (including phenoxy) is 1. The monoisotopic (exact) mass is 246 g/mol. The molecule has 0 saturated carbocycles. The molecule has 1 aromatic rings. The molecule has 0 aromatic carbocycles. The van der Waals surface area contributed by atoms with Gasteiger partial charge in [0.05, 0.1) is 11.4 Å². The van der Waals surface area contributed by atoms with Crippen molar-refractivity contribution in [2.24, 2.45) is 0 Å². The third kappa shape index (κ3) is 3.97. The zero-order valence-corrected chi connectivity index (χ0v) is 10.8. The van der Waals surface area contributed by atoms with Crippen molar-refractivity contribution < 1.29 is 4.74 Å². The lowest BCUT2D eigenvalue weighted by molar-refractivity contribution is 0.200. The molecular weight excluding hydrogens is 232 g/mol. The molecule has 1 rings (SSSR count). The molecule has 0 amide bonds. The minimum atomic E-state index is 0.500. The van der Waals surface area contributed by atoms with Crippen molar-refractivity contribution in [2.45, 2.75) is 25.3 Å². The van der Waals surface area contributed by atoms with Crippen molar-refractivity contribution in [2.75, 3.05) is 19.5 Å². The third-order valence-electron chi connectivity index (χ3n) is 1.97. The Labute approximate surface area is 99.6 Å². The molecule has 0 aliphatic rings. The van der Waals surface area contributed by atoms with Crippen LogP contribution in [0, 0.1) is 13.8 Å². The first-order valence-corrected chi connectivity index (χ1v) is 6.14. The number of thioether (sulfide) groups is 1. The van der Waals surface area contributed by atoms with Crippen LogP contribution in [-0.2, 0) is 4.74 Å². The highest BCUT2D eigenvalue weighted by molar-refractivity contribution is 7.99. The fraction of sp³-hybridized carbons (Fsp3) is 0.600. The molecule has 0 unspecified atom stereocenters. The van der Waals surface area contributed by atoms with Crippen molar-refractivity contribution in [3.63, 3.8) is 0 Å². The molecule has 0 N–H and O–H groups in total. The normalized spacial score (nSPS) is 10.7. The number of hydrogen-bond acceptors (Lipinski definition) is 4. The summed E-state index contributed by atoms with van der Waals surface area (Å²) in [5, 5.41) is 1.32. The van der Waals surface area contributed by atoms with Gasteiger partial charge < -0.3 is 4.74 Å². The smallest absolute Gasteiger partial charge is 0.161 e. The molecule has 5 heteroatoms. The molecule has 0 saturated heterocycles. The van der Waals surface area contributed by atoms with Gasteiger partial charge in [-0.05, 0) is 20.3 Å². The van der Waals surface area contributed by atoms with E-state index < -0.39 is 0 Å². The number of rotatable bonds is 5. The Morgan fingerprint density at radius 2 is 1.93 bits per heavy atom. The summed E-state index contributed by atoms with van der Waals surface area (Å²) >= 11 is 7.61. The molecule has 1 aromatic heterocycles. The predicted molar refractivity (Wildman–Crippen MR) is 63.7 cm³/mol. The summed E-state index contributed by atoms with van der Waals surface area (Å²) in [4.78, 5) is 8.62. The topological polar surface area (TPSA) is 35.0 Å². The van der Waals surface area contributed by atoms with Gasteiger partial charge in [-0.3, -0.25) is 0 Å². The number of halogens is 1. The lowest BCUT2D eigenvalue weighted by Gasteiger charge is -2.05. The van der Waals surface area contributed by atoms with E-state index in [9.17, 15) is 0 Å². The molecule has 1 heterocycles. The van der Waals surface area contributed by atoms with E-state index in [4.69, 9.17) is 16.3 Å².